The second-order valence-corrected chi connectivity index (χ2v) is 7.28. The first-order valence-electron chi connectivity index (χ1n) is 7.89. The standard InChI is InChI=1S/C15H24N4OS/c1-11-9-17-14(21-11)10-18-15(20)13-3-2-8-19(13)12-4-6-16-7-5-12/h9,12-13,16H,2-8,10H2,1H3,(H,18,20). The molecular weight excluding hydrogens is 284 g/mol. The van der Waals surface area contributed by atoms with Gasteiger partial charge in [-0.2, -0.15) is 0 Å². The summed E-state index contributed by atoms with van der Waals surface area (Å²) in [6, 6.07) is 0.640. The van der Waals surface area contributed by atoms with Gasteiger partial charge in [-0.3, -0.25) is 9.69 Å². The van der Waals surface area contributed by atoms with Crippen molar-refractivity contribution in [2.24, 2.45) is 0 Å². The topological polar surface area (TPSA) is 57.3 Å². The highest BCUT2D eigenvalue weighted by molar-refractivity contribution is 7.11. The number of carbonyl (C=O) groups is 1. The summed E-state index contributed by atoms with van der Waals surface area (Å²) < 4.78 is 0. The number of aryl methyl sites for hydroxylation is 1. The van der Waals surface area contributed by atoms with Gasteiger partial charge in [-0.15, -0.1) is 11.3 Å². The molecule has 0 aliphatic carbocycles. The number of nitrogens with one attached hydrogen (secondary N) is 2. The van der Waals surface area contributed by atoms with Gasteiger partial charge < -0.3 is 10.6 Å². The van der Waals surface area contributed by atoms with Gasteiger partial charge in [0.1, 0.15) is 5.01 Å². The molecule has 1 atom stereocenters. The Kier molecular flexibility index (Phi) is 4.87. The Morgan fingerprint density at radius 2 is 2.29 bits per heavy atom. The van der Waals surface area contributed by atoms with E-state index in [9.17, 15) is 4.79 Å². The summed E-state index contributed by atoms with van der Waals surface area (Å²) >= 11 is 1.65. The molecular formula is C15H24N4OS. The molecule has 2 aliphatic rings. The van der Waals surface area contributed by atoms with Crippen LogP contribution in [0.25, 0.3) is 0 Å². The molecule has 2 fully saturated rings. The number of aromatic nitrogens is 1. The molecule has 116 valence electrons. The Morgan fingerprint density at radius 1 is 1.48 bits per heavy atom. The maximum atomic E-state index is 12.5. The average Bonchev–Trinajstić information content (AvgIpc) is 3.14. The van der Waals surface area contributed by atoms with Crippen LogP contribution in [0.2, 0.25) is 0 Å². The molecule has 0 aromatic carbocycles. The fraction of sp³-hybridized carbons (Fsp3) is 0.733. The average molecular weight is 308 g/mol. The van der Waals surface area contributed by atoms with Gasteiger partial charge in [-0.05, 0) is 52.2 Å². The molecule has 2 aliphatic heterocycles. The molecule has 3 heterocycles. The Hall–Kier alpha value is -0.980. The molecule has 1 aromatic rings. The van der Waals surface area contributed by atoms with E-state index in [4.69, 9.17) is 0 Å². The van der Waals surface area contributed by atoms with Crippen LogP contribution in [-0.2, 0) is 11.3 Å². The number of likely N-dealkylation sites (tertiary alicyclic amines) is 1. The van der Waals surface area contributed by atoms with E-state index in [0.29, 0.717) is 12.6 Å². The van der Waals surface area contributed by atoms with Gasteiger partial charge >= 0.3 is 0 Å². The van der Waals surface area contributed by atoms with Crippen LogP contribution in [0.15, 0.2) is 6.20 Å². The molecule has 2 saturated heterocycles. The summed E-state index contributed by atoms with van der Waals surface area (Å²) in [5.41, 5.74) is 0. The number of rotatable bonds is 4. The van der Waals surface area contributed by atoms with Crippen molar-refractivity contribution >= 4 is 17.2 Å². The molecule has 0 saturated carbocycles. The molecule has 5 nitrogen and oxygen atoms in total. The van der Waals surface area contributed by atoms with Crippen LogP contribution in [0.3, 0.4) is 0 Å². The van der Waals surface area contributed by atoms with Crippen molar-refractivity contribution in [3.63, 3.8) is 0 Å². The zero-order chi connectivity index (χ0) is 14.7. The highest BCUT2D eigenvalue weighted by Gasteiger charge is 2.35. The van der Waals surface area contributed by atoms with E-state index in [-0.39, 0.29) is 11.9 Å². The van der Waals surface area contributed by atoms with Gasteiger partial charge in [0.2, 0.25) is 5.91 Å². The minimum atomic E-state index is 0.0640. The van der Waals surface area contributed by atoms with E-state index in [1.807, 2.05) is 13.1 Å². The number of nitrogens with zero attached hydrogens (tertiary/aromatic N) is 2. The Labute approximate surface area is 130 Å². The second-order valence-electron chi connectivity index (χ2n) is 5.96. The first kappa shape index (κ1) is 14.9. The lowest BCUT2D eigenvalue weighted by atomic mass is 10.0. The van der Waals surface area contributed by atoms with E-state index in [2.05, 4.69) is 20.5 Å². The first-order valence-corrected chi connectivity index (χ1v) is 8.71. The van der Waals surface area contributed by atoms with Crippen molar-refractivity contribution in [3.8, 4) is 0 Å². The maximum Gasteiger partial charge on any atom is 0.237 e. The smallest absolute Gasteiger partial charge is 0.237 e. The maximum absolute atomic E-state index is 12.5. The van der Waals surface area contributed by atoms with Crippen LogP contribution in [-0.4, -0.2) is 47.5 Å². The molecule has 1 amide bonds. The van der Waals surface area contributed by atoms with Crippen LogP contribution in [0, 0.1) is 6.92 Å². The van der Waals surface area contributed by atoms with Crippen LogP contribution in [0.5, 0.6) is 0 Å². The molecule has 1 unspecified atom stereocenters. The minimum Gasteiger partial charge on any atom is -0.348 e. The number of hydrogen-bond donors (Lipinski definition) is 2. The first-order chi connectivity index (χ1) is 10.2. The molecule has 1 aromatic heterocycles. The number of piperidine rings is 1. The van der Waals surface area contributed by atoms with Crippen molar-refractivity contribution in [2.75, 3.05) is 19.6 Å². The van der Waals surface area contributed by atoms with Gasteiger partial charge in [0, 0.05) is 17.1 Å². The third-order valence-corrected chi connectivity index (χ3v) is 5.37. The Morgan fingerprint density at radius 3 is 3.00 bits per heavy atom. The lowest BCUT2D eigenvalue weighted by Crippen LogP contribution is -2.50. The van der Waals surface area contributed by atoms with Crippen molar-refractivity contribution in [2.45, 2.75) is 51.2 Å². The van der Waals surface area contributed by atoms with Crippen molar-refractivity contribution in [3.05, 3.63) is 16.1 Å². The summed E-state index contributed by atoms with van der Waals surface area (Å²) in [5.74, 6) is 0.180. The molecule has 6 heteroatoms. The summed E-state index contributed by atoms with van der Waals surface area (Å²) in [6.45, 7) is 5.83. The molecule has 2 N–H and O–H groups in total. The molecule has 0 spiro atoms. The third kappa shape index (κ3) is 3.62. The highest BCUT2D eigenvalue weighted by atomic mass is 32.1. The Bertz CT molecular complexity index is 484. The number of carbonyl (C=O) groups excluding carboxylic acids is 1. The number of amides is 1. The quantitative estimate of drug-likeness (QED) is 0.880. The molecule has 0 bridgehead atoms. The van der Waals surface area contributed by atoms with Crippen molar-refractivity contribution < 1.29 is 4.79 Å². The number of thiazole rings is 1. The summed E-state index contributed by atoms with van der Waals surface area (Å²) in [6.07, 6.45) is 6.32. The normalized spacial score (nSPS) is 24.3. The zero-order valence-corrected chi connectivity index (χ0v) is 13.4. The lowest BCUT2D eigenvalue weighted by molar-refractivity contribution is -0.126. The number of hydrogen-bond acceptors (Lipinski definition) is 5. The van der Waals surface area contributed by atoms with Gasteiger partial charge in [0.05, 0.1) is 12.6 Å². The van der Waals surface area contributed by atoms with Crippen LogP contribution >= 0.6 is 11.3 Å². The Balaban J connectivity index is 1.55. The van der Waals surface area contributed by atoms with Crippen molar-refractivity contribution in [1.82, 2.24) is 20.5 Å². The predicted octanol–water partition coefficient (Wildman–Crippen LogP) is 1.28. The van der Waals surface area contributed by atoms with Gasteiger partial charge in [0.15, 0.2) is 0 Å². The minimum absolute atomic E-state index is 0.0640. The van der Waals surface area contributed by atoms with E-state index in [1.165, 1.54) is 4.88 Å². The van der Waals surface area contributed by atoms with Crippen LogP contribution in [0.1, 0.15) is 35.6 Å². The predicted molar refractivity (Wildman–Crippen MR) is 84.3 cm³/mol. The van der Waals surface area contributed by atoms with Gasteiger partial charge in [0.25, 0.3) is 0 Å². The van der Waals surface area contributed by atoms with E-state index in [1.54, 1.807) is 11.3 Å². The largest absolute Gasteiger partial charge is 0.348 e. The van der Waals surface area contributed by atoms with Gasteiger partial charge in [-0.25, -0.2) is 4.98 Å². The fourth-order valence-electron chi connectivity index (χ4n) is 3.41. The third-order valence-electron chi connectivity index (χ3n) is 4.46. The zero-order valence-electron chi connectivity index (χ0n) is 12.6. The summed E-state index contributed by atoms with van der Waals surface area (Å²) in [4.78, 5) is 20.4. The van der Waals surface area contributed by atoms with E-state index < -0.39 is 0 Å². The SMILES string of the molecule is Cc1cnc(CNC(=O)C2CCCN2C2CCNCC2)s1. The van der Waals surface area contributed by atoms with Gasteiger partial charge in [-0.1, -0.05) is 0 Å². The highest BCUT2D eigenvalue weighted by Crippen LogP contribution is 2.24. The van der Waals surface area contributed by atoms with E-state index >= 15 is 0 Å². The molecule has 21 heavy (non-hydrogen) atoms. The van der Waals surface area contributed by atoms with E-state index in [0.717, 1.165) is 50.3 Å². The lowest BCUT2D eigenvalue weighted by Gasteiger charge is -2.35. The second kappa shape index (κ2) is 6.85. The van der Waals surface area contributed by atoms with Crippen LogP contribution in [0.4, 0.5) is 0 Å². The summed E-state index contributed by atoms with van der Waals surface area (Å²) in [7, 11) is 0. The molecule has 3 rings (SSSR count). The molecule has 0 radical (unpaired) electrons. The monoisotopic (exact) mass is 308 g/mol. The fourth-order valence-corrected chi connectivity index (χ4v) is 4.14. The summed E-state index contributed by atoms with van der Waals surface area (Å²) in [5, 5.41) is 7.46. The van der Waals surface area contributed by atoms with Crippen molar-refractivity contribution in [1.29, 1.82) is 0 Å². The van der Waals surface area contributed by atoms with Crippen LogP contribution < -0.4 is 10.6 Å².